The van der Waals surface area contributed by atoms with Gasteiger partial charge in [0.2, 0.25) is 0 Å². The zero-order valence-electron chi connectivity index (χ0n) is 9.05. The standard InChI is InChI=1S/C9H13N5O2S/c10-6-8(12-4-13-9(6)15)14-1-2-16-5(3-14)7(11)17/h4-5H,1-3,10H2,(H2,11,17)(H,12,13,15). The quantitative estimate of drug-likeness (QED) is 0.572. The molecule has 0 spiro atoms. The summed E-state index contributed by atoms with van der Waals surface area (Å²) in [4.78, 5) is 20.0. The summed E-state index contributed by atoms with van der Waals surface area (Å²) in [6.45, 7) is 1.52. The molecule has 1 aromatic rings. The van der Waals surface area contributed by atoms with Gasteiger partial charge in [-0.25, -0.2) is 4.98 Å². The maximum atomic E-state index is 11.4. The van der Waals surface area contributed by atoms with E-state index in [4.69, 9.17) is 28.4 Å². The molecule has 1 unspecified atom stereocenters. The summed E-state index contributed by atoms with van der Waals surface area (Å²) in [5, 5.41) is 0. The summed E-state index contributed by atoms with van der Waals surface area (Å²) in [5.41, 5.74) is 11.0. The van der Waals surface area contributed by atoms with Crippen molar-refractivity contribution in [3.05, 3.63) is 16.7 Å². The highest BCUT2D eigenvalue weighted by Crippen LogP contribution is 2.18. The fraction of sp³-hybridized carbons (Fsp3) is 0.444. The molecule has 2 rings (SSSR count). The van der Waals surface area contributed by atoms with Crippen molar-refractivity contribution in [2.24, 2.45) is 5.73 Å². The second kappa shape index (κ2) is 4.68. The van der Waals surface area contributed by atoms with Crippen LogP contribution in [0.1, 0.15) is 0 Å². The Morgan fingerprint density at radius 1 is 1.71 bits per heavy atom. The molecule has 1 saturated heterocycles. The molecule has 0 amide bonds. The number of anilines is 2. The number of thiocarbonyl (C=S) groups is 1. The normalized spacial score (nSPS) is 20.2. The lowest BCUT2D eigenvalue weighted by Crippen LogP contribution is -2.48. The minimum atomic E-state index is -0.353. The topological polar surface area (TPSA) is 110 Å². The predicted octanol–water partition coefficient (Wildman–Crippen LogP) is -1.16. The van der Waals surface area contributed by atoms with Crippen molar-refractivity contribution in [3.63, 3.8) is 0 Å². The predicted molar refractivity (Wildman–Crippen MR) is 68.0 cm³/mol. The second-order valence-electron chi connectivity index (χ2n) is 3.68. The van der Waals surface area contributed by atoms with Crippen LogP contribution in [0.3, 0.4) is 0 Å². The molecule has 0 aromatic carbocycles. The lowest BCUT2D eigenvalue weighted by Gasteiger charge is -2.33. The Bertz CT molecular complexity index is 489. The third kappa shape index (κ3) is 2.37. The summed E-state index contributed by atoms with van der Waals surface area (Å²) in [5.74, 6) is 0.443. The lowest BCUT2D eigenvalue weighted by atomic mass is 10.2. The van der Waals surface area contributed by atoms with Gasteiger partial charge >= 0.3 is 0 Å². The number of nitrogens with one attached hydrogen (secondary N) is 1. The molecule has 7 nitrogen and oxygen atoms in total. The molecule has 1 aliphatic heterocycles. The van der Waals surface area contributed by atoms with Gasteiger partial charge in [-0.15, -0.1) is 0 Å². The SMILES string of the molecule is NC(=S)C1CN(c2nc[nH]c(=O)c2N)CCO1. The van der Waals surface area contributed by atoms with E-state index in [0.717, 1.165) is 0 Å². The molecule has 2 heterocycles. The van der Waals surface area contributed by atoms with Crippen LogP contribution in [0.4, 0.5) is 11.5 Å². The minimum Gasteiger partial charge on any atom is -0.391 e. The van der Waals surface area contributed by atoms with E-state index in [1.54, 1.807) is 0 Å². The zero-order chi connectivity index (χ0) is 12.4. The highest BCUT2D eigenvalue weighted by molar-refractivity contribution is 7.80. The van der Waals surface area contributed by atoms with Crippen molar-refractivity contribution in [1.29, 1.82) is 0 Å². The van der Waals surface area contributed by atoms with Crippen molar-refractivity contribution in [2.75, 3.05) is 30.3 Å². The molecule has 1 atom stereocenters. The molecule has 92 valence electrons. The Kier molecular flexibility index (Phi) is 3.25. The Morgan fingerprint density at radius 3 is 3.18 bits per heavy atom. The van der Waals surface area contributed by atoms with Crippen molar-refractivity contribution < 1.29 is 4.74 Å². The fourth-order valence-corrected chi connectivity index (χ4v) is 1.81. The first-order valence-electron chi connectivity index (χ1n) is 5.08. The van der Waals surface area contributed by atoms with Crippen LogP contribution in [0.15, 0.2) is 11.1 Å². The van der Waals surface area contributed by atoms with Crippen molar-refractivity contribution in [2.45, 2.75) is 6.10 Å². The fourth-order valence-electron chi connectivity index (χ4n) is 1.67. The van der Waals surface area contributed by atoms with Gasteiger partial charge < -0.3 is 26.1 Å². The van der Waals surface area contributed by atoms with E-state index >= 15 is 0 Å². The molecule has 1 aliphatic rings. The van der Waals surface area contributed by atoms with Crippen LogP contribution < -0.4 is 21.9 Å². The molecule has 0 radical (unpaired) electrons. The van der Waals surface area contributed by atoms with Crippen molar-refractivity contribution in [3.8, 4) is 0 Å². The molecule has 17 heavy (non-hydrogen) atoms. The Morgan fingerprint density at radius 2 is 2.47 bits per heavy atom. The Labute approximate surface area is 103 Å². The highest BCUT2D eigenvalue weighted by Gasteiger charge is 2.25. The zero-order valence-corrected chi connectivity index (χ0v) is 9.87. The Balaban J connectivity index is 2.25. The number of nitrogen functional groups attached to an aromatic ring is 1. The van der Waals surface area contributed by atoms with E-state index < -0.39 is 0 Å². The van der Waals surface area contributed by atoms with E-state index in [1.165, 1.54) is 6.33 Å². The van der Waals surface area contributed by atoms with Gasteiger partial charge in [0, 0.05) is 6.54 Å². The number of nitrogens with two attached hydrogens (primary N) is 2. The van der Waals surface area contributed by atoms with Gasteiger partial charge in [-0.05, 0) is 0 Å². The van der Waals surface area contributed by atoms with Crippen LogP contribution in [-0.4, -0.2) is 40.8 Å². The first-order chi connectivity index (χ1) is 8.09. The average molecular weight is 255 g/mol. The average Bonchev–Trinajstić information content (AvgIpc) is 2.33. The number of morpholine rings is 1. The van der Waals surface area contributed by atoms with Crippen LogP contribution in [0.2, 0.25) is 0 Å². The number of hydrogen-bond acceptors (Lipinski definition) is 6. The summed E-state index contributed by atoms with van der Waals surface area (Å²) in [6.07, 6.45) is 0.985. The summed E-state index contributed by atoms with van der Waals surface area (Å²) in [6, 6.07) is 0. The van der Waals surface area contributed by atoms with E-state index in [-0.39, 0.29) is 22.3 Å². The molecular formula is C9H13N5O2S. The maximum Gasteiger partial charge on any atom is 0.276 e. The third-order valence-electron chi connectivity index (χ3n) is 2.55. The summed E-state index contributed by atoms with van der Waals surface area (Å²) < 4.78 is 5.40. The number of aromatic nitrogens is 2. The Hall–Kier alpha value is -1.67. The number of aromatic amines is 1. The van der Waals surface area contributed by atoms with Crippen LogP contribution in [0.5, 0.6) is 0 Å². The number of nitrogens with zero attached hydrogens (tertiary/aromatic N) is 2. The third-order valence-corrected chi connectivity index (χ3v) is 2.81. The van der Waals surface area contributed by atoms with Crippen LogP contribution in [0, 0.1) is 0 Å². The molecule has 0 aliphatic carbocycles. The lowest BCUT2D eigenvalue weighted by molar-refractivity contribution is 0.0844. The van der Waals surface area contributed by atoms with Crippen LogP contribution in [0.25, 0.3) is 0 Å². The molecule has 0 saturated carbocycles. The van der Waals surface area contributed by atoms with E-state index in [1.807, 2.05) is 4.90 Å². The minimum absolute atomic E-state index is 0.0936. The largest absolute Gasteiger partial charge is 0.391 e. The van der Waals surface area contributed by atoms with Crippen molar-refractivity contribution >= 4 is 28.7 Å². The number of hydrogen-bond donors (Lipinski definition) is 3. The van der Waals surface area contributed by atoms with Gasteiger partial charge in [0.1, 0.15) is 16.8 Å². The summed E-state index contributed by atoms with van der Waals surface area (Å²) >= 11 is 4.88. The van der Waals surface area contributed by atoms with Gasteiger partial charge in [-0.1, -0.05) is 12.2 Å². The van der Waals surface area contributed by atoms with Gasteiger partial charge in [0.05, 0.1) is 19.5 Å². The van der Waals surface area contributed by atoms with Crippen molar-refractivity contribution in [1.82, 2.24) is 9.97 Å². The molecule has 8 heteroatoms. The number of ether oxygens (including phenoxy) is 1. The molecule has 0 bridgehead atoms. The highest BCUT2D eigenvalue weighted by atomic mass is 32.1. The van der Waals surface area contributed by atoms with Gasteiger partial charge in [0.25, 0.3) is 5.56 Å². The van der Waals surface area contributed by atoms with E-state index in [9.17, 15) is 4.79 Å². The van der Waals surface area contributed by atoms with E-state index in [2.05, 4.69) is 9.97 Å². The number of H-pyrrole nitrogens is 1. The van der Waals surface area contributed by atoms with E-state index in [0.29, 0.717) is 25.5 Å². The first kappa shape index (κ1) is 11.8. The molecular weight excluding hydrogens is 242 g/mol. The number of rotatable bonds is 2. The molecule has 1 aromatic heterocycles. The monoisotopic (exact) mass is 255 g/mol. The second-order valence-corrected chi connectivity index (χ2v) is 4.15. The van der Waals surface area contributed by atoms with Gasteiger partial charge in [-0.2, -0.15) is 0 Å². The maximum absolute atomic E-state index is 11.4. The summed E-state index contributed by atoms with van der Waals surface area (Å²) in [7, 11) is 0. The molecule has 1 fully saturated rings. The van der Waals surface area contributed by atoms with Gasteiger partial charge in [0.15, 0.2) is 5.82 Å². The van der Waals surface area contributed by atoms with Crippen LogP contribution in [-0.2, 0) is 4.74 Å². The first-order valence-corrected chi connectivity index (χ1v) is 5.49. The molecule has 5 N–H and O–H groups in total. The van der Waals surface area contributed by atoms with Crippen LogP contribution >= 0.6 is 12.2 Å². The smallest absolute Gasteiger partial charge is 0.276 e. The van der Waals surface area contributed by atoms with Gasteiger partial charge in [-0.3, -0.25) is 4.79 Å².